The van der Waals surface area contributed by atoms with Crippen molar-refractivity contribution in [2.75, 3.05) is 11.9 Å². The Balaban J connectivity index is 3.01. The van der Waals surface area contributed by atoms with Gasteiger partial charge in [-0.05, 0) is 30.0 Å². The van der Waals surface area contributed by atoms with Gasteiger partial charge >= 0.3 is 0 Å². The van der Waals surface area contributed by atoms with Crippen molar-refractivity contribution >= 4 is 5.69 Å². The van der Waals surface area contributed by atoms with Crippen LogP contribution in [0.2, 0.25) is 0 Å². The molecule has 3 heteroatoms. The van der Waals surface area contributed by atoms with Crippen molar-refractivity contribution in [3.63, 3.8) is 0 Å². The van der Waals surface area contributed by atoms with Crippen LogP contribution in [0.4, 0.5) is 5.69 Å². The van der Waals surface area contributed by atoms with E-state index >= 15 is 0 Å². The Hall–Kier alpha value is -1.53. The largest absolute Gasteiger partial charge is 0.370 e. The van der Waals surface area contributed by atoms with Crippen LogP contribution in [0, 0.1) is 16.7 Å². The number of hydrogen-bond acceptors (Lipinski definition) is 3. The molecular formula is C18H29N3. The van der Waals surface area contributed by atoms with Crippen molar-refractivity contribution in [1.82, 2.24) is 5.32 Å². The highest BCUT2D eigenvalue weighted by molar-refractivity contribution is 5.60. The van der Waals surface area contributed by atoms with Gasteiger partial charge in [-0.1, -0.05) is 40.7 Å². The van der Waals surface area contributed by atoms with Gasteiger partial charge in [0.15, 0.2) is 0 Å². The molecule has 0 aliphatic carbocycles. The maximum Gasteiger partial charge on any atom is 0.101 e. The first kappa shape index (κ1) is 17.5. The summed E-state index contributed by atoms with van der Waals surface area (Å²) in [6, 6.07) is 9.31. The van der Waals surface area contributed by atoms with Gasteiger partial charge < -0.3 is 10.2 Å². The van der Waals surface area contributed by atoms with Crippen LogP contribution < -0.4 is 10.2 Å². The number of nitriles is 1. The Bertz CT molecular complexity index is 506. The van der Waals surface area contributed by atoms with Gasteiger partial charge in [-0.3, -0.25) is 0 Å². The molecule has 0 amide bonds. The van der Waals surface area contributed by atoms with E-state index in [0.717, 1.165) is 23.4 Å². The fourth-order valence-corrected chi connectivity index (χ4v) is 2.20. The quantitative estimate of drug-likeness (QED) is 0.892. The van der Waals surface area contributed by atoms with Crippen LogP contribution in [0.15, 0.2) is 18.2 Å². The zero-order chi connectivity index (χ0) is 16.2. The molecule has 1 aromatic carbocycles. The summed E-state index contributed by atoms with van der Waals surface area (Å²) in [5.74, 6) is 0. The van der Waals surface area contributed by atoms with Crippen LogP contribution in [0.3, 0.4) is 0 Å². The summed E-state index contributed by atoms with van der Waals surface area (Å²) in [5.41, 5.74) is 3.07. The minimum absolute atomic E-state index is 0.166. The van der Waals surface area contributed by atoms with E-state index in [9.17, 15) is 5.26 Å². The topological polar surface area (TPSA) is 39.1 Å². The summed E-state index contributed by atoms with van der Waals surface area (Å²) in [4.78, 5) is 2.21. The van der Waals surface area contributed by atoms with E-state index in [2.05, 4.69) is 77.0 Å². The van der Waals surface area contributed by atoms with Crippen molar-refractivity contribution in [3.8, 4) is 6.07 Å². The molecule has 0 heterocycles. The van der Waals surface area contributed by atoms with E-state index in [1.165, 1.54) is 0 Å². The van der Waals surface area contributed by atoms with Gasteiger partial charge in [0.2, 0.25) is 0 Å². The zero-order valence-corrected chi connectivity index (χ0v) is 14.5. The van der Waals surface area contributed by atoms with Crippen molar-refractivity contribution < 1.29 is 0 Å². The van der Waals surface area contributed by atoms with E-state index in [4.69, 9.17) is 0 Å². The maximum atomic E-state index is 9.46. The first-order chi connectivity index (χ1) is 9.66. The monoisotopic (exact) mass is 287 g/mol. The molecule has 21 heavy (non-hydrogen) atoms. The van der Waals surface area contributed by atoms with Crippen molar-refractivity contribution in [3.05, 3.63) is 29.3 Å². The lowest BCUT2D eigenvalue weighted by molar-refractivity contribution is 0.329. The third-order valence-electron chi connectivity index (χ3n) is 4.11. The molecule has 0 bridgehead atoms. The molecule has 0 spiro atoms. The van der Waals surface area contributed by atoms with Gasteiger partial charge in [0.1, 0.15) is 6.07 Å². The molecule has 0 aliphatic rings. The molecule has 0 saturated heterocycles. The second kappa shape index (κ2) is 6.95. The molecule has 1 rings (SSSR count). The van der Waals surface area contributed by atoms with Gasteiger partial charge in [-0.2, -0.15) is 5.26 Å². The zero-order valence-electron chi connectivity index (χ0n) is 14.5. The number of benzene rings is 1. The summed E-state index contributed by atoms with van der Waals surface area (Å²) >= 11 is 0. The van der Waals surface area contributed by atoms with E-state index in [1.54, 1.807) is 0 Å². The molecule has 3 nitrogen and oxygen atoms in total. The maximum absolute atomic E-state index is 9.46. The fraction of sp³-hybridized carbons (Fsp3) is 0.611. The van der Waals surface area contributed by atoms with E-state index in [0.29, 0.717) is 12.1 Å². The number of nitrogens with one attached hydrogen (secondary N) is 1. The molecule has 0 fully saturated rings. The van der Waals surface area contributed by atoms with Crippen molar-refractivity contribution in [1.29, 1.82) is 5.26 Å². The first-order valence-corrected chi connectivity index (χ1v) is 7.66. The Morgan fingerprint density at radius 3 is 2.33 bits per heavy atom. The second-order valence-electron chi connectivity index (χ2n) is 7.15. The highest BCUT2D eigenvalue weighted by Crippen LogP contribution is 2.29. The number of rotatable bonds is 5. The third-order valence-corrected chi connectivity index (χ3v) is 4.11. The summed E-state index contributed by atoms with van der Waals surface area (Å²) in [7, 11) is 2.07. The van der Waals surface area contributed by atoms with Crippen LogP contribution in [0.5, 0.6) is 0 Å². The molecule has 1 N–H and O–H groups in total. The molecule has 1 aromatic rings. The van der Waals surface area contributed by atoms with Crippen molar-refractivity contribution in [2.45, 2.75) is 60.2 Å². The Morgan fingerprint density at radius 2 is 1.86 bits per heavy atom. The van der Waals surface area contributed by atoms with Gasteiger partial charge in [-0.15, -0.1) is 0 Å². The van der Waals surface area contributed by atoms with E-state index < -0.39 is 0 Å². The predicted octanol–water partition coefficient (Wildman–Crippen LogP) is 3.93. The normalized spacial score (nSPS) is 13.1. The van der Waals surface area contributed by atoms with Crippen molar-refractivity contribution in [2.24, 2.45) is 5.41 Å². The van der Waals surface area contributed by atoms with Gasteiger partial charge in [0.25, 0.3) is 0 Å². The molecule has 0 radical (unpaired) electrons. The summed E-state index contributed by atoms with van der Waals surface area (Å²) in [6.45, 7) is 13.9. The molecule has 0 aromatic heterocycles. The highest BCUT2D eigenvalue weighted by Gasteiger charge is 2.25. The van der Waals surface area contributed by atoms with Gasteiger partial charge in [-0.25, -0.2) is 0 Å². The Kier molecular flexibility index (Phi) is 5.80. The summed E-state index contributed by atoms with van der Waals surface area (Å²) < 4.78 is 0. The molecule has 1 unspecified atom stereocenters. The van der Waals surface area contributed by atoms with Crippen LogP contribution in [-0.4, -0.2) is 19.1 Å². The predicted molar refractivity (Wildman–Crippen MR) is 90.5 cm³/mol. The van der Waals surface area contributed by atoms with Crippen LogP contribution in [0.25, 0.3) is 0 Å². The van der Waals surface area contributed by atoms with E-state index in [1.807, 2.05) is 6.07 Å². The van der Waals surface area contributed by atoms with Crippen LogP contribution >= 0.6 is 0 Å². The van der Waals surface area contributed by atoms with E-state index in [-0.39, 0.29) is 5.41 Å². The lowest BCUT2D eigenvalue weighted by Crippen LogP contribution is -2.39. The fourth-order valence-electron chi connectivity index (χ4n) is 2.20. The van der Waals surface area contributed by atoms with Crippen LogP contribution in [-0.2, 0) is 6.54 Å². The SMILES string of the molecule is CC(C)NCc1ccc(N(C)C(C)C(C)(C)C)c(C#N)c1. The minimum atomic E-state index is 0.166. The summed E-state index contributed by atoms with van der Waals surface area (Å²) in [6.07, 6.45) is 0. The highest BCUT2D eigenvalue weighted by atomic mass is 15.1. The molecule has 0 aliphatic heterocycles. The molecule has 0 saturated carbocycles. The smallest absolute Gasteiger partial charge is 0.101 e. The number of nitrogens with zero attached hydrogens (tertiary/aromatic N) is 2. The Morgan fingerprint density at radius 1 is 1.24 bits per heavy atom. The van der Waals surface area contributed by atoms with Crippen LogP contribution in [0.1, 0.15) is 52.7 Å². The average Bonchev–Trinajstić information content (AvgIpc) is 2.42. The molecular weight excluding hydrogens is 258 g/mol. The molecule has 1 atom stereocenters. The minimum Gasteiger partial charge on any atom is -0.370 e. The Labute approximate surface area is 130 Å². The third kappa shape index (κ3) is 4.75. The first-order valence-electron chi connectivity index (χ1n) is 7.66. The molecule has 116 valence electrons. The number of anilines is 1. The second-order valence-corrected chi connectivity index (χ2v) is 7.15. The standard InChI is InChI=1S/C18H29N3/c1-13(2)20-12-15-8-9-17(16(10-15)11-19)21(7)14(3)18(4,5)6/h8-10,13-14,20H,12H2,1-7H3. The number of hydrogen-bond donors (Lipinski definition) is 1. The summed E-state index contributed by atoms with van der Waals surface area (Å²) in [5, 5.41) is 12.8. The van der Waals surface area contributed by atoms with Gasteiger partial charge in [0.05, 0.1) is 11.3 Å². The average molecular weight is 287 g/mol. The lowest BCUT2D eigenvalue weighted by atomic mass is 9.86. The lowest BCUT2D eigenvalue weighted by Gasteiger charge is -2.37. The van der Waals surface area contributed by atoms with Gasteiger partial charge in [0, 0.05) is 25.7 Å².